The van der Waals surface area contributed by atoms with Gasteiger partial charge in [0.05, 0.1) is 19.3 Å². The normalized spacial score (nSPS) is 12.8. The Morgan fingerprint density at radius 2 is 1.58 bits per heavy atom. The molecular formula is C19H25ClN2O2. The zero-order valence-corrected chi connectivity index (χ0v) is 14.7. The lowest BCUT2D eigenvalue weighted by Crippen LogP contribution is -2.46. The predicted molar refractivity (Wildman–Crippen MR) is 99.1 cm³/mol. The van der Waals surface area contributed by atoms with Gasteiger partial charge < -0.3 is 15.8 Å². The van der Waals surface area contributed by atoms with Gasteiger partial charge in [-0.3, -0.25) is 4.79 Å². The Hall–Kier alpha value is -1.88. The Bertz CT molecular complexity index is 593. The molecule has 0 aliphatic rings. The Kier molecular flexibility index (Phi) is 9.08. The van der Waals surface area contributed by atoms with Gasteiger partial charge in [-0.2, -0.15) is 0 Å². The zero-order valence-electron chi connectivity index (χ0n) is 13.9. The molecule has 1 amide bonds. The van der Waals surface area contributed by atoms with Gasteiger partial charge in [-0.15, -0.1) is 12.4 Å². The number of halogens is 1. The number of rotatable bonds is 8. The molecule has 0 saturated carbocycles. The second-order valence-electron chi connectivity index (χ2n) is 5.71. The first kappa shape index (κ1) is 20.2. The summed E-state index contributed by atoms with van der Waals surface area (Å²) in [5, 5.41) is 2.90. The van der Waals surface area contributed by atoms with E-state index in [-0.39, 0.29) is 24.4 Å². The van der Waals surface area contributed by atoms with Crippen LogP contribution in [0.3, 0.4) is 0 Å². The maximum absolute atomic E-state index is 12.1. The number of amides is 1. The number of nitrogens with one attached hydrogen (secondary N) is 1. The highest BCUT2D eigenvalue weighted by molar-refractivity contribution is 5.85. The lowest BCUT2D eigenvalue weighted by atomic mass is 10.1. The van der Waals surface area contributed by atoms with Crippen LogP contribution in [-0.4, -0.2) is 24.6 Å². The van der Waals surface area contributed by atoms with E-state index in [0.29, 0.717) is 19.6 Å². The average molecular weight is 349 g/mol. The highest BCUT2D eigenvalue weighted by Crippen LogP contribution is 2.03. The summed E-state index contributed by atoms with van der Waals surface area (Å²) in [6, 6.07) is 19.1. The molecule has 2 aromatic carbocycles. The van der Waals surface area contributed by atoms with E-state index in [1.807, 2.05) is 67.6 Å². The van der Waals surface area contributed by atoms with Gasteiger partial charge >= 0.3 is 0 Å². The summed E-state index contributed by atoms with van der Waals surface area (Å²) in [5.41, 5.74) is 8.14. The Labute approximate surface area is 149 Å². The van der Waals surface area contributed by atoms with Crippen LogP contribution in [-0.2, 0) is 22.6 Å². The standard InChI is InChI=1S/C19H24N2O2.ClH/c1-15(13-23-14-17-10-6-3-7-11-17)21-19(22)18(20)12-16-8-4-2-5-9-16;/h2-11,15,18H,12-14,20H2,1H3,(H,21,22);1H/t15?,18-;/m0./s1. The topological polar surface area (TPSA) is 64.3 Å². The lowest BCUT2D eigenvalue weighted by Gasteiger charge is -2.18. The van der Waals surface area contributed by atoms with Crippen molar-refractivity contribution in [1.29, 1.82) is 0 Å². The number of carbonyl (C=O) groups is 1. The smallest absolute Gasteiger partial charge is 0.237 e. The molecule has 3 N–H and O–H groups in total. The maximum Gasteiger partial charge on any atom is 0.237 e. The second-order valence-corrected chi connectivity index (χ2v) is 5.71. The van der Waals surface area contributed by atoms with Gasteiger partial charge in [0.1, 0.15) is 0 Å². The molecule has 2 atom stereocenters. The summed E-state index contributed by atoms with van der Waals surface area (Å²) in [4.78, 5) is 12.1. The van der Waals surface area contributed by atoms with Crippen molar-refractivity contribution in [2.75, 3.05) is 6.61 Å². The van der Waals surface area contributed by atoms with Crippen LogP contribution >= 0.6 is 12.4 Å². The summed E-state index contributed by atoms with van der Waals surface area (Å²) in [7, 11) is 0. The monoisotopic (exact) mass is 348 g/mol. The third-order valence-electron chi connectivity index (χ3n) is 3.50. The fourth-order valence-electron chi connectivity index (χ4n) is 2.28. The van der Waals surface area contributed by atoms with E-state index in [9.17, 15) is 4.79 Å². The van der Waals surface area contributed by atoms with E-state index in [0.717, 1.165) is 11.1 Å². The van der Waals surface area contributed by atoms with Gasteiger partial charge in [-0.25, -0.2) is 0 Å². The molecular weight excluding hydrogens is 324 g/mol. The average Bonchev–Trinajstić information content (AvgIpc) is 2.56. The minimum Gasteiger partial charge on any atom is -0.375 e. The van der Waals surface area contributed by atoms with Crippen LogP contribution in [0.5, 0.6) is 0 Å². The molecule has 0 fully saturated rings. The summed E-state index contributed by atoms with van der Waals surface area (Å²) in [6.07, 6.45) is 0.532. The fraction of sp³-hybridized carbons (Fsp3) is 0.316. The number of nitrogens with two attached hydrogens (primary N) is 1. The lowest BCUT2D eigenvalue weighted by molar-refractivity contribution is -0.123. The highest BCUT2D eigenvalue weighted by atomic mass is 35.5. The minimum absolute atomic E-state index is 0. The summed E-state index contributed by atoms with van der Waals surface area (Å²) in [6.45, 7) is 2.91. The Morgan fingerprint density at radius 3 is 2.17 bits per heavy atom. The zero-order chi connectivity index (χ0) is 16.5. The van der Waals surface area contributed by atoms with Gasteiger partial charge in [0.25, 0.3) is 0 Å². The first-order valence-electron chi connectivity index (χ1n) is 7.86. The predicted octanol–water partition coefficient (Wildman–Crippen LogP) is 2.70. The molecule has 0 heterocycles. The van der Waals surface area contributed by atoms with Gasteiger partial charge in [0, 0.05) is 6.04 Å². The third kappa shape index (κ3) is 7.13. The van der Waals surface area contributed by atoms with E-state index < -0.39 is 6.04 Å². The van der Waals surface area contributed by atoms with Crippen LogP contribution in [0.15, 0.2) is 60.7 Å². The minimum atomic E-state index is -0.547. The highest BCUT2D eigenvalue weighted by Gasteiger charge is 2.16. The van der Waals surface area contributed by atoms with Crippen molar-refractivity contribution in [3.05, 3.63) is 71.8 Å². The number of ether oxygens (including phenoxy) is 1. The molecule has 2 rings (SSSR count). The first-order chi connectivity index (χ1) is 11.1. The van der Waals surface area contributed by atoms with Crippen LogP contribution in [0, 0.1) is 0 Å². The van der Waals surface area contributed by atoms with E-state index in [4.69, 9.17) is 10.5 Å². The molecule has 0 aromatic heterocycles. The molecule has 1 unspecified atom stereocenters. The molecule has 0 spiro atoms. The quantitative estimate of drug-likeness (QED) is 0.771. The van der Waals surface area contributed by atoms with Crippen molar-refractivity contribution >= 4 is 18.3 Å². The van der Waals surface area contributed by atoms with Crippen LogP contribution < -0.4 is 11.1 Å². The van der Waals surface area contributed by atoms with Crippen molar-refractivity contribution in [2.45, 2.75) is 32.0 Å². The molecule has 4 nitrogen and oxygen atoms in total. The number of hydrogen-bond donors (Lipinski definition) is 2. The fourth-order valence-corrected chi connectivity index (χ4v) is 2.28. The SMILES string of the molecule is CC(COCc1ccccc1)NC(=O)[C@@H](N)Cc1ccccc1.Cl. The molecule has 24 heavy (non-hydrogen) atoms. The van der Waals surface area contributed by atoms with Crippen molar-refractivity contribution in [1.82, 2.24) is 5.32 Å². The van der Waals surface area contributed by atoms with Gasteiger partial charge in [-0.1, -0.05) is 60.7 Å². The largest absolute Gasteiger partial charge is 0.375 e. The van der Waals surface area contributed by atoms with E-state index in [2.05, 4.69) is 5.32 Å². The van der Waals surface area contributed by atoms with E-state index in [1.165, 1.54) is 0 Å². The van der Waals surface area contributed by atoms with Crippen molar-refractivity contribution in [3.8, 4) is 0 Å². The van der Waals surface area contributed by atoms with Crippen molar-refractivity contribution in [2.24, 2.45) is 5.73 Å². The second kappa shape index (κ2) is 10.8. The van der Waals surface area contributed by atoms with E-state index in [1.54, 1.807) is 0 Å². The molecule has 5 heteroatoms. The van der Waals surface area contributed by atoms with Crippen LogP contribution in [0.2, 0.25) is 0 Å². The number of benzene rings is 2. The molecule has 0 radical (unpaired) electrons. The number of hydrogen-bond acceptors (Lipinski definition) is 3. The molecule has 2 aromatic rings. The van der Waals surface area contributed by atoms with Gasteiger partial charge in [0.2, 0.25) is 5.91 Å². The van der Waals surface area contributed by atoms with Crippen molar-refractivity contribution < 1.29 is 9.53 Å². The van der Waals surface area contributed by atoms with E-state index >= 15 is 0 Å². The molecule has 0 aliphatic heterocycles. The molecule has 0 bridgehead atoms. The molecule has 130 valence electrons. The van der Waals surface area contributed by atoms with Crippen molar-refractivity contribution in [3.63, 3.8) is 0 Å². The summed E-state index contributed by atoms with van der Waals surface area (Å²) < 4.78 is 5.62. The molecule has 0 aliphatic carbocycles. The van der Waals surface area contributed by atoms with Gasteiger partial charge in [0.15, 0.2) is 0 Å². The first-order valence-corrected chi connectivity index (χ1v) is 7.86. The van der Waals surface area contributed by atoms with Crippen LogP contribution in [0.25, 0.3) is 0 Å². The van der Waals surface area contributed by atoms with Crippen LogP contribution in [0.4, 0.5) is 0 Å². The Morgan fingerprint density at radius 1 is 1.04 bits per heavy atom. The summed E-state index contributed by atoms with van der Waals surface area (Å²) in [5.74, 6) is -0.148. The third-order valence-corrected chi connectivity index (χ3v) is 3.50. The molecule has 0 saturated heterocycles. The summed E-state index contributed by atoms with van der Waals surface area (Å²) >= 11 is 0. The number of carbonyl (C=O) groups excluding carboxylic acids is 1. The van der Waals surface area contributed by atoms with Crippen LogP contribution in [0.1, 0.15) is 18.1 Å². The maximum atomic E-state index is 12.1. The Balaban J connectivity index is 0.00000288. The van der Waals surface area contributed by atoms with Gasteiger partial charge in [-0.05, 0) is 24.5 Å².